The molecule has 0 saturated carbocycles. The van der Waals surface area contributed by atoms with E-state index in [0.29, 0.717) is 21.5 Å². The van der Waals surface area contributed by atoms with Gasteiger partial charge in [-0.15, -0.1) is 0 Å². The monoisotopic (exact) mass is 347 g/mol. The van der Waals surface area contributed by atoms with Crippen LogP contribution < -0.4 is 16.4 Å². The molecule has 0 radical (unpaired) electrons. The van der Waals surface area contributed by atoms with Crippen molar-refractivity contribution in [3.05, 3.63) is 52.5 Å². The standard InChI is InChI=1S/C15H14BrN3O2/c1-9-6-7-11(17)13(8-9)19-15(21)14(20)18-12-5-3-2-4-10(12)16/h2-8H,17H2,1H3,(H,18,20)(H,19,21). The molecule has 0 bridgehead atoms. The van der Waals surface area contributed by atoms with Gasteiger partial charge in [0.05, 0.1) is 17.1 Å². The normalized spacial score (nSPS) is 10.0. The molecule has 6 heteroatoms. The minimum atomic E-state index is -0.775. The van der Waals surface area contributed by atoms with E-state index < -0.39 is 11.8 Å². The number of nitrogens with two attached hydrogens (primary N) is 1. The Morgan fingerprint density at radius 1 is 1.00 bits per heavy atom. The van der Waals surface area contributed by atoms with Crippen LogP contribution in [0.25, 0.3) is 0 Å². The van der Waals surface area contributed by atoms with Gasteiger partial charge >= 0.3 is 11.8 Å². The third-order valence-corrected chi connectivity index (χ3v) is 3.48. The first-order valence-corrected chi connectivity index (χ1v) is 6.99. The molecule has 108 valence electrons. The second-order valence-corrected chi connectivity index (χ2v) is 5.33. The molecule has 0 aromatic heterocycles. The van der Waals surface area contributed by atoms with Gasteiger partial charge in [-0.3, -0.25) is 9.59 Å². The maximum atomic E-state index is 11.9. The Bertz CT molecular complexity index is 701. The molecular formula is C15H14BrN3O2. The molecule has 2 aromatic carbocycles. The van der Waals surface area contributed by atoms with Gasteiger partial charge in [-0.1, -0.05) is 18.2 Å². The van der Waals surface area contributed by atoms with Crippen molar-refractivity contribution >= 4 is 44.8 Å². The highest BCUT2D eigenvalue weighted by Crippen LogP contribution is 2.22. The maximum absolute atomic E-state index is 11.9. The molecule has 21 heavy (non-hydrogen) atoms. The molecule has 0 aliphatic carbocycles. The van der Waals surface area contributed by atoms with Crippen LogP contribution in [-0.2, 0) is 9.59 Å². The zero-order valence-electron chi connectivity index (χ0n) is 11.3. The van der Waals surface area contributed by atoms with Crippen LogP contribution >= 0.6 is 15.9 Å². The van der Waals surface area contributed by atoms with Gasteiger partial charge in [-0.25, -0.2) is 0 Å². The number of carbonyl (C=O) groups is 2. The van der Waals surface area contributed by atoms with E-state index in [-0.39, 0.29) is 0 Å². The largest absolute Gasteiger partial charge is 0.397 e. The van der Waals surface area contributed by atoms with Gasteiger partial charge in [0.15, 0.2) is 0 Å². The third-order valence-electron chi connectivity index (χ3n) is 2.79. The van der Waals surface area contributed by atoms with E-state index in [1.165, 1.54) is 0 Å². The summed E-state index contributed by atoms with van der Waals surface area (Å²) >= 11 is 3.30. The Morgan fingerprint density at radius 2 is 1.62 bits per heavy atom. The van der Waals surface area contributed by atoms with E-state index in [9.17, 15) is 9.59 Å². The zero-order valence-corrected chi connectivity index (χ0v) is 12.9. The number of carbonyl (C=O) groups excluding carboxylic acids is 2. The predicted octanol–water partition coefficient (Wildman–Crippen LogP) is 2.92. The fraction of sp³-hybridized carbons (Fsp3) is 0.0667. The molecule has 0 aliphatic heterocycles. The number of nitrogens with one attached hydrogen (secondary N) is 2. The van der Waals surface area contributed by atoms with Crippen LogP contribution in [0.3, 0.4) is 0 Å². The fourth-order valence-electron chi connectivity index (χ4n) is 1.70. The van der Waals surface area contributed by atoms with Gasteiger partial charge in [-0.2, -0.15) is 0 Å². The first kappa shape index (κ1) is 15.1. The van der Waals surface area contributed by atoms with Gasteiger partial charge in [0.1, 0.15) is 0 Å². The van der Waals surface area contributed by atoms with Crippen molar-refractivity contribution in [2.75, 3.05) is 16.4 Å². The second kappa shape index (κ2) is 6.41. The van der Waals surface area contributed by atoms with E-state index in [2.05, 4.69) is 26.6 Å². The first-order chi connectivity index (χ1) is 9.97. The zero-order chi connectivity index (χ0) is 15.4. The number of halogens is 1. The number of aryl methyl sites for hydroxylation is 1. The third kappa shape index (κ3) is 3.82. The molecule has 0 spiro atoms. The molecule has 5 nitrogen and oxygen atoms in total. The fourth-order valence-corrected chi connectivity index (χ4v) is 2.08. The summed E-state index contributed by atoms with van der Waals surface area (Å²) in [5.41, 5.74) is 8.04. The summed E-state index contributed by atoms with van der Waals surface area (Å²) in [4.78, 5) is 23.8. The Labute approximate surface area is 130 Å². The molecule has 0 aliphatic rings. The first-order valence-electron chi connectivity index (χ1n) is 6.20. The lowest BCUT2D eigenvalue weighted by Crippen LogP contribution is -2.29. The van der Waals surface area contributed by atoms with Gasteiger partial charge in [0.25, 0.3) is 0 Å². The highest BCUT2D eigenvalue weighted by Gasteiger charge is 2.16. The Morgan fingerprint density at radius 3 is 2.29 bits per heavy atom. The lowest BCUT2D eigenvalue weighted by Gasteiger charge is -2.10. The Balaban J connectivity index is 2.08. The summed E-state index contributed by atoms with van der Waals surface area (Å²) in [6.45, 7) is 1.87. The van der Waals surface area contributed by atoms with Crippen molar-refractivity contribution in [3.63, 3.8) is 0 Å². The average molecular weight is 348 g/mol. The van der Waals surface area contributed by atoms with E-state index >= 15 is 0 Å². The lowest BCUT2D eigenvalue weighted by molar-refractivity contribution is -0.132. The number of nitrogen functional groups attached to an aromatic ring is 1. The number of rotatable bonds is 2. The molecule has 2 aromatic rings. The summed E-state index contributed by atoms with van der Waals surface area (Å²) in [5, 5.41) is 5.02. The number of para-hydroxylation sites is 1. The second-order valence-electron chi connectivity index (χ2n) is 4.48. The van der Waals surface area contributed by atoms with Crippen LogP contribution in [0, 0.1) is 6.92 Å². The predicted molar refractivity (Wildman–Crippen MR) is 87.0 cm³/mol. The molecule has 2 rings (SSSR count). The molecule has 4 N–H and O–H groups in total. The van der Waals surface area contributed by atoms with Crippen LogP contribution in [0.1, 0.15) is 5.56 Å². The summed E-state index contributed by atoms with van der Waals surface area (Å²) in [5.74, 6) is -1.54. The molecule has 0 atom stereocenters. The van der Waals surface area contributed by atoms with Gasteiger partial charge in [-0.05, 0) is 52.7 Å². The van der Waals surface area contributed by atoms with Crippen molar-refractivity contribution in [2.45, 2.75) is 6.92 Å². The number of hydrogen-bond acceptors (Lipinski definition) is 3. The van der Waals surface area contributed by atoms with Crippen molar-refractivity contribution < 1.29 is 9.59 Å². The summed E-state index contributed by atoms with van der Waals surface area (Å²) in [6, 6.07) is 12.2. The summed E-state index contributed by atoms with van der Waals surface area (Å²) in [6.07, 6.45) is 0. The van der Waals surface area contributed by atoms with Crippen LogP contribution in [0.15, 0.2) is 46.9 Å². The molecule has 2 amide bonds. The average Bonchev–Trinajstić information content (AvgIpc) is 2.45. The molecule has 0 saturated heterocycles. The van der Waals surface area contributed by atoms with E-state index in [1.807, 2.05) is 19.1 Å². The Hall–Kier alpha value is -2.34. The molecule has 0 unspecified atom stereocenters. The maximum Gasteiger partial charge on any atom is 0.314 e. The number of hydrogen-bond donors (Lipinski definition) is 3. The quantitative estimate of drug-likeness (QED) is 0.576. The summed E-state index contributed by atoms with van der Waals surface area (Å²) in [7, 11) is 0. The lowest BCUT2D eigenvalue weighted by atomic mass is 10.2. The van der Waals surface area contributed by atoms with Crippen molar-refractivity contribution in [2.24, 2.45) is 0 Å². The van der Waals surface area contributed by atoms with E-state index in [4.69, 9.17) is 5.73 Å². The molecule has 0 heterocycles. The molecular weight excluding hydrogens is 334 g/mol. The van der Waals surface area contributed by atoms with Crippen molar-refractivity contribution in [1.29, 1.82) is 0 Å². The number of benzene rings is 2. The van der Waals surface area contributed by atoms with Crippen LogP contribution in [0.2, 0.25) is 0 Å². The molecule has 0 fully saturated rings. The van der Waals surface area contributed by atoms with E-state index in [1.54, 1.807) is 30.3 Å². The number of amides is 2. The van der Waals surface area contributed by atoms with Crippen LogP contribution in [0.4, 0.5) is 17.1 Å². The van der Waals surface area contributed by atoms with Crippen molar-refractivity contribution in [1.82, 2.24) is 0 Å². The highest BCUT2D eigenvalue weighted by molar-refractivity contribution is 9.10. The Kier molecular flexibility index (Phi) is 4.59. The highest BCUT2D eigenvalue weighted by atomic mass is 79.9. The summed E-state index contributed by atoms with van der Waals surface area (Å²) < 4.78 is 0.696. The van der Waals surface area contributed by atoms with Crippen LogP contribution in [0.5, 0.6) is 0 Å². The SMILES string of the molecule is Cc1ccc(N)c(NC(=O)C(=O)Nc2ccccc2Br)c1. The van der Waals surface area contributed by atoms with Gasteiger partial charge in [0.2, 0.25) is 0 Å². The smallest absolute Gasteiger partial charge is 0.314 e. The van der Waals surface area contributed by atoms with Gasteiger partial charge in [0, 0.05) is 4.47 Å². The van der Waals surface area contributed by atoms with Crippen molar-refractivity contribution in [3.8, 4) is 0 Å². The number of anilines is 3. The van der Waals surface area contributed by atoms with Crippen LogP contribution in [-0.4, -0.2) is 11.8 Å². The van der Waals surface area contributed by atoms with Gasteiger partial charge < -0.3 is 16.4 Å². The minimum absolute atomic E-state index is 0.405. The van der Waals surface area contributed by atoms with E-state index in [0.717, 1.165) is 5.56 Å². The minimum Gasteiger partial charge on any atom is -0.397 e. The topological polar surface area (TPSA) is 84.2 Å².